The van der Waals surface area contributed by atoms with Gasteiger partial charge < -0.3 is 9.84 Å². The molecule has 4 fully saturated rings. The molecule has 6 rings (SSSR count). The van der Waals surface area contributed by atoms with Gasteiger partial charge >= 0.3 is 0 Å². The maximum atomic E-state index is 12.0. The second-order valence-electron chi connectivity index (χ2n) is 10.4. The van der Waals surface area contributed by atoms with Gasteiger partial charge in [-0.25, -0.2) is 0 Å². The van der Waals surface area contributed by atoms with E-state index in [0.29, 0.717) is 23.5 Å². The fraction of sp³-hybridized carbons (Fsp3) is 0.783. The van der Waals surface area contributed by atoms with Gasteiger partial charge in [-0.2, -0.15) is 0 Å². The molecule has 10 atom stereocenters. The minimum atomic E-state index is -0.716. The average Bonchev–Trinajstić information content (AvgIpc) is 3.24. The summed E-state index contributed by atoms with van der Waals surface area (Å²) in [6.07, 6.45) is 12.1. The molecule has 0 aromatic carbocycles. The molecule has 0 bridgehead atoms. The van der Waals surface area contributed by atoms with Crippen molar-refractivity contribution in [2.45, 2.75) is 64.3 Å². The summed E-state index contributed by atoms with van der Waals surface area (Å²) >= 11 is 0. The summed E-state index contributed by atoms with van der Waals surface area (Å²) < 4.78 is 6.26. The van der Waals surface area contributed by atoms with Gasteiger partial charge in [0, 0.05) is 11.8 Å². The molecule has 0 amide bonds. The number of aliphatic hydroxyl groups is 1. The highest BCUT2D eigenvalue weighted by molar-refractivity contribution is 5.91. The molecule has 0 radical (unpaired) electrons. The minimum absolute atomic E-state index is 0.162. The zero-order valence-corrected chi connectivity index (χ0v) is 15.9. The molecule has 140 valence electrons. The van der Waals surface area contributed by atoms with Crippen LogP contribution in [0.3, 0.4) is 0 Å². The van der Waals surface area contributed by atoms with Crippen molar-refractivity contribution >= 4 is 5.78 Å². The molecular formula is C23H30O3. The number of fused-ring (bicyclic) bond motifs is 9. The SMILES string of the molecule is C[C@H]1CC2=CC(=O)CC[C@@H]2C2CC[C@@]3(C)C(C21)[C@@H]1C[C@@H]1[C@@]31C=CC(O)O1. The highest BCUT2D eigenvalue weighted by atomic mass is 16.6. The Morgan fingerprint density at radius 1 is 1.27 bits per heavy atom. The molecule has 1 aliphatic heterocycles. The number of rotatable bonds is 0. The van der Waals surface area contributed by atoms with E-state index in [0.717, 1.165) is 42.9 Å². The standard InChI is InChI=1S/C23H30O3/c1-12-9-13-10-14(24)3-4-15(13)16-5-7-22(2)21(20(12)16)17-11-18(17)23(22)8-6-19(25)26-23/h6,8,10,12,15-21,25H,3-5,7,9,11H2,1-2H3/t12-,15-,16?,17+,18-,19?,20?,21?,22-,23-/m0/s1. The van der Waals surface area contributed by atoms with Crippen LogP contribution >= 0.6 is 0 Å². The predicted octanol–water partition coefficient (Wildman–Crippen LogP) is 3.87. The molecule has 3 nitrogen and oxygen atoms in total. The smallest absolute Gasteiger partial charge is 0.175 e. The van der Waals surface area contributed by atoms with Crippen molar-refractivity contribution in [1.82, 2.24) is 0 Å². The van der Waals surface area contributed by atoms with Crippen LogP contribution in [-0.2, 0) is 9.53 Å². The fourth-order valence-corrected chi connectivity index (χ4v) is 8.62. The molecular weight excluding hydrogens is 324 g/mol. The normalized spacial score (nSPS) is 59.5. The zero-order valence-electron chi connectivity index (χ0n) is 15.9. The van der Waals surface area contributed by atoms with Crippen LogP contribution in [0.4, 0.5) is 0 Å². The van der Waals surface area contributed by atoms with Gasteiger partial charge in [0.05, 0.1) is 5.60 Å². The van der Waals surface area contributed by atoms with Crippen molar-refractivity contribution in [1.29, 1.82) is 0 Å². The van der Waals surface area contributed by atoms with Gasteiger partial charge in [0.1, 0.15) is 0 Å². The Labute approximate surface area is 155 Å². The second kappa shape index (κ2) is 4.91. The minimum Gasteiger partial charge on any atom is -0.365 e. The lowest BCUT2D eigenvalue weighted by molar-refractivity contribution is -0.197. The van der Waals surface area contributed by atoms with Crippen molar-refractivity contribution in [3.8, 4) is 0 Å². The summed E-state index contributed by atoms with van der Waals surface area (Å²) in [4.78, 5) is 12.0. The third-order valence-corrected chi connectivity index (χ3v) is 9.47. The van der Waals surface area contributed by atoms with E-state index in [-0.39, 0.29) is 11.0 Å². The number of ketones is 1. The van der Waals surface area contributed by atoms with Gasteiger partial charge in [-0.1, -0.05) is 25.5 Å². The van der Waals surface area contributed by atoms with E-state index >= 15 is 0 Å². The zero-order chi connectivity index (χ0) is 17.8. The quantitative estimate of drug-likeness (QED) is 0.672. The molecule has 1 N–H and O–H groups in total. The van der Waals surface area contributed by atoms with Crippen molar-refractivity contribution in [3.05, 3.63) is 23.8 Å². The van der Waals surface area contributed by atoms with Gasteiger partial charge in [0.15, 0.2) is 12.1 Å². The molecule has 0 aromatic heterocycles. The molecule has 1 spiro atoms. The number of allylic oxidation sites excluding steroid dienone is 1. The van der Waals surface area contributed by atoms with Crippen molar-refractivity contribution < 1.29 is 14.6 Å². The van der Waals surface area contributed by atoms with Crippen molar-refractivity contribution in [3.63, 3.8) is 0 Å². The number of carbonyl (C=O) groups excluding carboxylic acids is 1. The van der Waals surface area contributed by atoms with E-state index in [2.05, 4.69) is 19.9 Å². The van der Waals surface area contributed by atoms with E-state index in [1.807, 2.05) is 12.2 Å². The molecule has 0 aromatic rings. The van der Waals surface area contributed by atoms with Gasteiger partial charge in [-0.15, -0.1) is 0 Å². The van der Waals surface area contributed by atoms with Crippen LogP contribution in [0, 0.1) is 46.8 Å². The highest BCUT2D eigenvalue weighted by Gasteiger charge is 2.77. The molecule has 1 heterocycles. The van der Waals surface area contributed by atoms with Crippen LogP contribution in [-0.4, -0.2) is 22.8 Å². The summed E-state index contributed by atoms with van der Waals surface area (Å²) in [5.74, 6) is 5.28. The maximum absolute atomic E-state index is 12.0. The molecule has 26 heavy (non-hydrogen) atoms. The predicted molar refractivity (Wildman–Crippen MR) is 98.0 cm³/mol. The van der Waals surface area contributed by atoms with E-state index in [1.165, 1.54) is 24.8 Å². The first-order chi connectivity index (χ1) is 12.4. The lowest BCUT2D eigenvalue weighted by Crippen LogP contribution is -2.56. The summed E-state index contributed by atoms with van der Waals surface area (Å²) in [5.41, 5.74) is 1.41. The summed E-state index contributed by atoms with van der Waals surface area (Å²) in [5, 5.41) is 10.1. The lowest BCUT2D eigenvalue weighted by Gasteiger charge is -2.59. The van der Waals surface area contributed by atoms with Crippen LogP contribution in [0.5, 0.6) is 0 Å². The number of ether oxygens (including phenoxy) is 1. The second-order valence-corrected chi connectivity index (χ2v) is 10.4. The number of aliphatic hydroxyl groups excluding tert-OH is 1. The van der Waals surface area contributed by atoms with Crippen LogP contribution in [0.2, 0.25) is 0 Å². The Morgan fingerprint density at radius 3 is 2.88 bits per heavy atom. The number of hydrogen-bond donors (Lipinski definition) is 1. The largest absolute Gasteiger partial charge is 0.365 e. The first-order valence-electron chi connectivity index (χ1n) is 10.7. The van der Waals surface area contributed by atoms with E-state index < -0.39 is 6.29 Å². The average molecular weight is 354 g/mol. The Morgan fingerprint density at radius 2 is 2.12 bits per heavy atom. The van der Waals surface area contributed by atoms with Crippen molar-refractivity contribution in [2.75, 3.05) is 0 Å². The highest BCUT2D eigenvalue weighted by Crippen LogP contribution is 2.78. The lowest BCUT2D eigenvalue weighted by atomic mass is 9.47. The van der Waals surface area contributed by atoms with E-state index in [9.17, 15) is 9.90 Å². The van der Waals surface area contributed by atoms with Crippen LogP contribution < -0.4 is 0 Å². The Hall–Kier alpha value is -0.930. The van der Waals surface area contributed by atoms with Gasteiger partial charge in [-0.05, 0) is 85.7 Å². The maximum Gasteiger partial charge on any atom is 0.175 e. The van der Waals surface area contributed by atoms with Crippen LogP contribution in [0.25, 0.3) is 0 Å². The summed E-state index contributed by atoms with van der Waals surface area (Å²) in [7, 11) is 0. The first kappa shape index (κ1) is 16.1. The Bertz CT molecular complexity index is 738. The molecule has 5 aliphatic carbocycles. The molecule has 3 heteroatoms. The Balaban J connectivity index is 1.40. The molecule has 6 aliphatic rings. The number of carbonyl (C=O) groups is 1. The third kappa shape index (κ3) is 1.75. The topological polar surface area (TPSA) is 46.5 Å². The summed E-state index contributed by atoms with van der Waals surface area (Å²) in [6, 6.07) is 0. The molecule has 0 saturated heterocycles. The number of hydrogen-bond acceptors (Lipinski definition) is 3. The monoisotopic (exact) mass is 354 g/mol. The van der Waals surface area contributed by atoms with E-state index in [1.54, 1.807) is 0 Å². The van der Waals surface area contributed by atoms with E-state index in [4.69, 9.17) is 4.74 Å². The molecule has 4 unspecified atom stereocenters. The summed E-state index contributed by atoms with van der Waals surface area (Å²) in [6.45, 7) is 4.90. The van der Waals surface area contributed by atoms with Gasteiger partial charge in [0.25, 0.3) is 0 Å². The van der Waals surface area contributed by atoms with Crippen LogP contribution in [0.15, 0.2) is 23.8 Å². The van der Waals surface area contributed by atoms with Crippen LogP contribution in [0.1, 0.15) is 52.4 Å². The van der Waals surface area contributed by atoms with Gasteiger partial charge in [0.2, 0.25) is 0 Å². The fourth-order valence-electron chi connectivity index (χ4n) is 8.62. The van der Waals surface area contributed by atoms with Gasteiger partial charge in [-0.3, -0.25) is 4.79 Å². The molecule has 4 saturated carbocycles. The first-order valence-corrected chi connectivity index (χ1v) is 10.7. The van der Waals surface area contributed by atoms with Crippen molar-refractivity contribution in [2.24, 2.45) is 46.8 Å². The Kier molecular flexibility index (Phi) is 3.03. The third-order valence-electron chi connectivity index (χ3n) is 9.47.